The van der Waals surface area contributed by atoms with E-state index in [1.165, 1.54) is 44.2 Å². The zero-order chi connectivity index (χ0) is 21.5. The Kier molecular flexibility index (Phi) is 8.71. The van der Waals surface area contributed by atoms with Crippen LogP contribution >= 0.6 is 24.2 Å². The number of ether oxygens (including phenoxy) is 2. The maximum Gasteiger partial charge on any atom is 0.269 e. The van der Waals surface area contributed by atoms with Gasteiger partial charge in [-0.15, -0.1) is 12.4 Å². The number of methoxy groups -OCH3 is 2. The molecule has 164 valence electrons. The number of hydrogen-bond acceptors (Lipinski definition) is 6. The summed E-state index contributed by atoms with van der Waals surface area (Å²) in [5, 5.41) is 0.524. The van der Waals surface area contributed by atoms with Crippen LogP contribution in [0.5, 0.6) is 11.5 Å². The molecule has 3 rings (SSSR count). The highest BCUT2D eigenvalue weighted by Gasteiger charge is 2.12. The number of thioether (sulfide) groups is 1. The van der Waals surface area contributed by atoms with E-state index in [-0.39, 0.29) is 24.0 Å². The van der Waals surface area contributed by atoms with Gasteiger partial charge in [0, 0.05) is 5.56 Å². The van der Waals surface area contributed by atoms with Crippen LogP contribution in [0.15, 0.2) is 53.8 Å². The van der Waals surface area contributed by atoms with Gasteiger partial charge in [0.05, 0.1) is 31.9 Å². The zero-order valence-corrected chi connectivity index (χ0v) is 18.2. The van der Waals surface area contributed by atoms with Gasteiger partial charge in [0.25, 0.3) is 5.91 Å². The molecule has 0 radical (unpaired) electrons. The van der Waals surface area contributed by atoms with Crippen LogP contribution in [0.4, 0.5) is 4.39 Å². The number of rotatable bonds is 7. The molecule has 0 unspecified atom stereocenters. The Morgan fingerprint density at radius 2 is 1.77 bits per heavy atom. The molecular formula is C20H20ClFN4O4S. The molecule has 31 heavy (non-hydrogen) atoms. The summed E-state index contributed by atoms with van der Waals surface area (Å²) >= 11 is 1.17. The van der Waals surface area contributed by atoms with Crippen LogP contribution in [0, 0.1) is 5.82 Å². The first-order valence-corrected chi connectivity index (χ1v) is 9.73. The number of halogens is 2. The summed E-state index contributed by atoms with van der Waals surface area (Å²) in [5.74, 6) is -0.295. The highest BCUT2D eigenvalue weighted by Crippen LogP contribution is 2.27. The Morgan fingerprint density at radius 1 is 1.06 bits per heavy atom. The lowest BCUT2D eigenvalue weighted by atomic mass is 10.2. The molecule has 0 bridgehead atoms. The number of nitrogens with zero attached hydrogens (tertiary/aromatic N) is 1. The summed E-state index contributed by atoms with van der Waals surface area (Å²) in [4.78, 5) is 31.5. The van der Waals surface area contributed by atoms with Crippen LogP contribution in [0.1, 0.15) is 10.4 Å². The van der Waals surface area contributed by atoms with E-state index in [0.29, 0.717) is 27.9 Å². The summed E-state index contributed by atoms with van der Waals surface area (Å²) in [6.07, 6.45) is 1.60. The van der Waals surface area contributed by atoms with Crippen molar-refractivity contribution in [2.75, 3.05) is 20.0 Å². The molecule has 0 saturated carbocycles. The first kappa shape index (κ1) is 24.0. The molecule has 0 aliphatic carbocycles. The Bertz CT molecular complexity index is 1050. The number of aromatic nitrogens is 2. The monoisotopic (exact) mass is 466 g/mol. The van der Waals surface area contributed by atoms with Gasteiger partial charge in [0.1, 0.15) is 5.82 Å². The van der Waals surface area contributed by atoms with E-state index in [2.05, 4.69) is 20.8 Å². The predicted molar refractivity (Wildman–Crippen MR) is 117 cm³/mol. The summed E-state index contributed by atoms with van der Waals surface area (Å²) < 4.78 is 23.3. The minimum atomic E-state index is -0.495. The van der Waals surface area contributed by atoms with Crippen molar-refractivity contribution < 1.29 is 23.5 Å². The molecule has 0 spiro atoms. The quantitative estimate of drug-likeness (QED) is 0.365. The molecule has 2 aromatic carbocycles. The molecule has 0 fully saturated rings. The molecule has 11 heteroatoms. The van der Waals surface area contributed by atoms with Crippen molar-refractivity contribution in [3.05, 3.63) is 60.0 Å². The molecule has 0 atom stereocenters. The van der Waals surface area contributed by atoms with Gasteiger partial charge in [-0.25, -0.2) is 9.37 Å². The Morgan fingerprint density at radius 3 is 2.45 bits per heavy atom. The minimum absolute atomic E-state index is 0. The summed E-state index contributed by atoms with van der Waals surface area (Å²) in [5.41, 5.74) is 6.48. The number of carbonyl (C=O) groups excluding carboxylic acids is 2. The summed E-state index contributed by atoms with van der Waals surface area (Å²) in [6.45, 7) is 0. The summed E-state index contributed by atoms with van der Waals surface area (Å²) in [6, 6.07) is 10.6. The van der Waals surface area contributed by atoms with Crippen LogP contribution in [0.2, 0.25) is 0 Å². The van der Waals surface area contributed by atoms with Crippen molar-refractivity contribution in [1.82, 2.24) is 20.8 Å². The lowest BCUT2D eigenvalue weighted by Gasteiger charge is -2.10. The lowest BCUT2D eigenvalue weighted by Crippen LogP contribution is -2.42. The second-order valence-corrected chi connectivity index (χ2v) is 6.93. The Hall–Kier alpha value is -3.24. The number of amides is 2. The van der Waals surface area contributed by atoms with Gasteiger partial charge in [0.2, 0.25) is 5.91 Å². The number of nitrogens with one attached hydrogen (secondary N) is 3. The molecule has 2 amide bonds. The van der Waals surface area contributed by atoms with E-state index in [9.17, 15) is 14.0 Å². The van der Waals surface area contributed by atoms with Crippen molar-refractivity contribution >= 4 is 36.0 Å². The number of aromatic amines is 1. The number of hydrazine groups is 1. The molecule has 1 heterocycles. The molecule has 1 aromatic heterocycles. The molecule has 3 N–H and O–H groups in total. The smallest absolute Gasteiger partial charge is 0.269 e. The third-order valence-corrected chi connectivity index (χ3v) is 4.90. The van der Waals surface area contributed by atoms with Crippen LogP contribution in [0.3, 0.4) is 0 Å². The molecule has 3 aromatic rings. The number of H-pyrrole nitrogens is 1. The first-order chi connectivity index (χ1) is 14.5. The largest absolute Gasteiger partial charge is 0.493 e. The Balaban J connectivity index is 0.00000341. The van der Waals surface area contributed by atoms with Crippen LogP contribution in [-0.4, -0.2) is 41.8 Å². The van der Waals surface area contributed by atoms with Gasteiger partial charge < -0.3 is 14.5 Å². The fraction of sp³-hybridized carbons (Fsp3) is 0.150. The fourth-order valence-electron chi connectivity index (χ4n) is 2.50. The van der Waals surface area contributed by atoms with E-state index in [4.69, 9.17) is 9.47 Å². The van der Waals surface area contributed by atoms with Crippen molar-refractivity contribution in [2.45, 2.75) is 5.16 Å². The van der Waals surface area contributed by atoms with Crippen molar-refractivity contribution in [1.29, 1.82) is 0 Å². The van der Waals surface area contributed by atoms with Crippen LogP contribution in [-0.2, 0) is 4.79 Å². The van der Waals surface area contributed by atoms with E-state index in [1.807, 2.05) is 0 Å². The van der Waals surface area contributed by atoms with Crippen LogP contribution in [0.25, 0.3) is 11.3 Å². The summed E-state index contributed by atoms with van der Waals surface area (Å²) in [7, 11) is 2.96. The molecular weight excluding hydrogens is 447 g/mol. The third-order valence-electron chi connectivity index (χ3n) is 4.01. The number of hydrogen-bond donors (Lipinski definition) is 3. The third kappa shape index (κ3) is 6.37. The SMILES string of the molecule is COc1ccc(C(=O)NNC(=O)CSc2ncc(-c3ccc(F)cc3)[nH]2)cc1OC.Cl. The van der Waals surface area contributed by atoms with E-state index < -0.39 is 11.8 Å². The second kappa shape index (κ2) is 11.2. The van der Waals surface area contributed by atoms with Gasteiger partial charge in [0.15, 0.2) is 16.7 Å². The standard InChI is InChI=1S/C20H19FN4O4S.ClH/c1-28-16-8-5-13(9-17(16)29-2)19(27)25-24-18(26)11-30-20-22-10-15(23-20)12-3-6-14(21)7-4-12;/h3-10H,11H2,1-2H3,(H,22,23)(H,24,26)(H,25,27);1H. The average molecular weight is 467 g/mol. The second-order valence-electron chi connectivity index (χ2n) is 5.97. The van der Waals surface area contributed by atoms with Gasteiger partial charge in [-0.05, 0) is 48.0 Å². The number of imidazole rings is 1. The normalized spacial score (nSPS) is 10.0. The van der Waals surface area contributed by atoms with Gasteiger partial charge in [-0.3, -0.25) is 20.4 Å². The average Bonchev–Trinajstić information content (AvgIpc) is 3.25. The predicted octanol–water partition coefficient (Wildman–Crippen LogP) is 3.21. The number of carbonyl (C=O) groups is 2. The lowest BCUT2D eigenvalue weighted by molar-refractivity contribution is -0.119. The highest BCUT2D eigenvalue weighted by molar-refractivity contribution is 7.99. The Labute approximate surface area is 188 Å². The molecule has 8 nitrogen and oxygen atoms in total. The minimum Gasteiger partial charge on any atom is -0.493 e. The van der Waals surface area contributed by atoms with Crippen molar-refractivity contribution in [3.8, 4) is 22.8 Å². The highest BCUT2D eigenvalue weighted by atomic mass is 35.5. The van der Waals surface area contributed by atoms with E-state index >= 15 is 0 Å². The maximum absolute atomic E-state index is 13.0. The molecule has 0 aliphatic rings. The van der Waals surface area contributed by atoms with Gasteiger partial charge >= 0.3 is 0 Å². The van der Waals surface area contributed by atoms with Gasteiger partial charge in [-0.1, -0.05) is 11.8 Å². The first-order valence-electron chi connectivity index (χ1n) is 8.75. The molecule has 0 saturated heterocycles. The van der Waals surface area contributed by atoms with Gasteiger partial charge in [-0.2, -0.15) is 0 Å². The fourth-order valence-corrected chi connectivity index (χ4v) is 3.15. The maximum atomic E-state index is 13.0. The zero-order valence-electron chi connectivity index (χ0n) is 16.6. The molecule has 0 aliphatic heterocycles. The van der Waals surface area contributed by atoms with Crippen molar-refractivity contribution in [3.63, 3.8) is 0 Å². The van der Waals surface area contributed by atoms with E-state index in [0.717, 1.165) is 5.56 Å². The number of benzene rings is 2. The van der Waals surface area contributed by atoms with Crippen LogP contribution < -0.4 is 20.3 Å². The topological polar surface area (TPSA) is 105 Å². The van der Waals surface area contributed by atoms with Crippen molar-refractivity contribution in [2.24, 2.45) is 0 Å². The van der Waals surface area contributed by atoms with E-state index in [1.54, 1.807) is 30.5 Å².